The van der Waals surface area contributed by atoms with E-state index in [-0.39, 0.29) is 5.97 Å². The number of carbonyl (C=O) groups excluding carboxylic acids is 1. The molecule has 8 heteroatoms. The molecule has 0 atom stereocenters. The Morgan fingerprint density at radius 1 is 1.10 bits per heavy atom. The van der Waals surface area contributed by atoms with Gasteiger partial charge in [-0.2, -0.15) is 0 Å². The fraction of sp³-hybridized carbons (Fsp3) is 0.136. The molecule has 152 valence electrons. The normalized spacial score (nSPS) is 10.9. The Kier molecular flexibility index (Phi) is 6.21. The summed E-state index contributed by atoms with van der Waals surface area (Å²) in [6.45, 7) is 0.515. The minimum Gasteiger partial charge on any atom is -0.467 e. The first kappa shape index (κ1) is 20.3. The number of esters is 1. The number of methoxy groups -OCH3 is 1. The third-order valence-electron chi connectivity index (χ3n) is 4.46. The second-order valence-corrected chi connectivity index (χ2v) is 7.83. The molecule has 2 aromatic carbocycles. The quantitative estimate of drug-likeness (QED) is 0.287. The summed E-state index contributed by atoms with van der Waals surface area (Å²) in [6, 6.07) is 18.6. The Morgan fingerprint density at radius 2 is 1.87 bits per heavy atom. The van der Waals surface area contributed by atoms with Gasteiger partial charge in [0, 0.05) is 16.3 Å². The van der Waals surface area contributed by atoms with Crippen LogP contribution in [0.4, 0.5) is 0 Å². The van der Waals surface area contributed by atoms with Crippen LogP contribution in [0.15, 0.2) is 76.5 Å². The molecular weight excluding hydrogens is 422 g/mol. The Hall–Kier alpha value is -3.03. The van der Waals surface area contributed by atoms with Crippen molar-refractivity contribution in [1.29, 1.82) is 0 Å². The Bertz CT molecular complexity index is 1120. The van der Waals surface area contributed by atoms with E-state index in [2.05, 4.69) is 10.2 Å². The summed E-state index contributed by atoms with van der Waals surface area (Å²) >= 11 is 7.59. The molecule has 0 aliphatic heterocycles. The first-order valence-electron chi connectivity index (χ1n) is 9.15. The average molecular weight is 440 g/mol. The lowest BCUT2D eigenvalue weighted by atomic mass is 10.1. The van der Waals surface area contributed by atoms with Gasteiger partial charge in [0.2, 0.25) is 0 Å². The molecule has 0 amide bonds. The van der Waals surface area contributed by atoms with Crippen LogP contribution in [0, 0.1) is 0 Å². The van der Waals surface area contributed by atoms with E-state index in [1.807, 2.05) is 53.1 Å². The van der Waals surface area contributed by atoms with Crippen molar-refractivity contribution in [3.63, 3.8) is 0 Å². The second-order valence-electron chi connectivity index (χ2n) is 6.46. The first-order valence-corrected chi connectivity index (χ1v) is 10.5. The predicted molar refractivity (Wildman–Crippen MR) is 116 cm³/mol. The summed E-state index contributed by atoms with van der Waals surface area (Å²) in [6.07, 6.45) is 1.65. The minimum absolute atomic E-state index is 0.347. The monoisotopic (exact) mass is 439 g/mol. The number of nitrogens with zero attached hydrogens (tertiary/aromatic N) is 3. The van der Waals surface area contributed by atoms with E-state index in [1.54, 1.807) is 30.2 Å². The maximum Gasteiger partial charge on any atom is 0.337 e. The fourth-order valence-corrected chi connectivity index (χ4v) is 3.93. The summed E-state index contributed by atoms with van der Waals surface area (Å²) < 4.78 is 12.3. The zero-order valence-corrected chi connectivity index (χ0v) is 17.7. The third kappa shape index (κ3) is 4.58. The third-order valence-corrected chi connectivity index (χ3v) is 5.75. The number of thioether (sulfide) groups is 1. The van der Waals surface area contributed by atoms with Crippen LogP contribution >= 0.6 is 23.4 Å². The highest BCUT2D eigenvalue weighted by molar-refractivity contribution is 7.98. The molecule has 30 heavy (non-hydrogen) atoms. The second kappa shape index (κ2) is 9.19. The standard InChI is InChI=1S/C22H18ClN3O3S/c1-28-21(27)17-6-4-15(5-7-17)14-30-22-25-24-20(16-8-10-18(23)11-9-16)26(22)13-19-3-2-12-29-19/h2-12H,13-14H2,1H3. The van der Waals surface area contributed by atoms with Crippen LogP contribution in [0.3, 0.4) is 0 Å². The van der Waals surface area contributed by atoms with E-state index in [9.17, 15) is 4.79 Å². The molecular formula is C22H18ClN3O3S. The highest BCUT2D eigenvalue weighted by Crippen LogP contribution is 2.28. The molecule has 0 saturated carbocycles. The summed E-state index contributed by atoms with van der Waals surface area (Å²) in [4.78, 5) is 11.6. The molecule has 0 radical (unpaired) electrons. The number of ether oxygens (including phenoxy) is 1. The Morgan fingerprint density at radius 3 is 2.53 bits per heavy atom. The summed E-state index contributed by atoms with van der Waals surface area (Å²) in [5.41, 5.74) is 2.51. The van der Waals surface area contributed by atoms with Gasteiger partial charge >= 0.3 is 5.97 Å². The van der Waals surface area contributed by atoms with Crippen LogP contribution < -0.4 is 0 Å². The van der Waals surface area contributed by atoms with Gasteiger partial charge in [-0.1, -0.05) is 35.5 Å². The SMILES string of the molecule is COC(=O)c1ccc(CSc2nnc(-c3ccc(Cl)cc3)n2Cc2ccco2)cc1. The van der Waals surface area contributed by atoms with Crippen molar-refractivity contribution in [2.24, 2.45) is 0 Å². The fourth-order valence-electron chi connectivity index (χ4n) is 2.91. The highest BCUT2D eigenvalue weighted by atomic mass is 35.5. The van der Waals surface area contributed by atoms with Crippen molar-refractivity contribution in [3.05, 3.63) is 88.8 Å². The molecule has 2 heterocycles. The smallest absolute Gasteiger partial charge is 0.337 e. The summed E-state index contributed by atoms with van der Waals surface area (Å²) in [7, 11) is 1.37. The maximum atomic E-state index is 11.6. The van der Waals surface area contributed by atoms with Crippen LogP contribution in [0.2, 0.25) is 5.02 Å². The largest absolute Gasteiger partial charge is 0.467 e. The topological polar surface area (TPSA) is 70.2 Å². The molecule has 0 fully saturated rings. The van der Waals surface area contributed by atoms with Gasteiger partial charge in [-0.05, 0) is 54.1 Å². The molecule has 0 aliphatic carbocycles. The van der Waals surface area contributed by atoms with Gasteiger partial charge in [0.05, 0.1) is 25.5 Å². The van der Waals surface area contributed by atoms with Crippen LogP contribution in [-0.4, -0.2) is 27.8 Å². The number of benzene rings is 2. The van der Waals surface area contributed by atoms with Crippen LogP contribution in [0.5, 0.6) is 0 Å². The molecule has 2 aromatic heterocycles. The summed E-state index contributed by atoms with van der Waals surface area (Å²) in [5, 5.41) is 10.2. The van der Waals surface area contributed by atoms with Crippen molar-refractivity contribution in [2.75, 3.05) is 7.11 Å². The molecule has 0 aliphatic rings. The van der Waals surface area contributed by atoms with E-state index < -0.39 is 0 Å². The maximum absolute atomic E-state index is 11.6. The predicted octanol–water partition coefficient (Wildman–Crippen LogP) is 5.32. The number of hydrogen-bond donors (Lipinski definition) is 0. The van der Waals surface area contributed by atoms with Gasteiger partial charge in [0.25, 0.3) is 0 Å². The molecule has 0 unspecified atom stereocenters. The zero-order valence-electron chi connectivity index (χ0n) is 16.1. The van der Waals surface area contributed by atoms with Gasteiger partial charge in [0.1, 0.15) is 5.76 Å². The number of carbonyl (C=O) groups is 1. The van der Waals surface area contributed by atoms with Crippen molar-refractivity contribution in [2.45, 2.75) is 17.5 Å². The van der Waals surface area contributed by atoms with E-state index >= 15 is 0 Å². The van der Waals surface area contributed by atoms with Gasteiger partial charge < -0.3 is 9.15 Å². The van der Waals surface area contributed by atoms with Gasteiger partial charge in [-0.15, -0.1) is 10.2 Å². The molecule has 0 N–H and O–H groups in total. The minimum atomic E-state index is -0.347. The van der Waals surface area contributed by atoms with Gasteiger partial charge in [0.15, 0.2) is 11.0 Å². The number of furan rings is 1. The Balaban J connectivity index is 1.57. The lowest BCUT2D eigenvalue weighted by Gasteiger charge is -2.09. The van der Waals surface area contributed by atoms with Crippen molar-refractivity contribution >= 4 is 29.3 Å². The Labute approximate surface area is 182 Å². The van der Waals surface area contributed by atoms with E-state index in [0.717, 1.165) is 27.9 Å². The van der Waals surface area contributed by atoms with Crippen LogP contribution in [-0.2, 0) is 17.0 Å². The van der Waals surface area contributed by atoms with Gasteiger partial charge in [-0.25, -0.2) is 4.79 Å². The number of halogens is 1. The van der Waals surface area contributed by atoms with Gasteiger partial charge in [-0.3, -0.25) is 4.57 Å². The molecule has 6 nitrogen and oxygen atoms in total. The van der Waals surface area contributed by atoms with Crippen molar-refractivity contribution < 1.29 is 13.9 Å². The van der Waals surface area contributed by atoms with Crippen molar-refractivity contribution in [3.8, 4) is 11.4 Å². The molecule has 4 aromatic rings. The van der Waals surface area contributed by atoms with Crippen LogP contribution in [0.1, 0.15) is 21.7 Å². The van der Waals surface area contributed by atoms with E-state index in [0.29, 0.717) is 22.9 Å². The van der Waals surface area contributed by atoms with E-state index in [4.69, 9.17) is 20.8 Å². The summed E-state index contributed by atoms with van der Waals surface area (Å²) in [5.74, 6) is 1.89. The molecule has 0 spiro atoms. The number of aromatic nitrogens is 3. The number of hydrogen-bond acceptors (Lipinski definition) is 6. The van der Waals surface area contributed by atoms with E-state index in [1.165, 1.54) is 7.11 Å². The molecule has 0 saturated heterocycles. The lowest BCUT2D eigenvalue weighted by Crippen LogP contribution is -2.03. The first-order chi connectivity index (χ1) is 14.6. The molecule has 0 bridgehead atoms. The number of rotatable bonds is 7. The highest BCUT2D eigenvalue weighted by Gasteiger charge is 2.16. The average Bonchev–Trinajstić information content (AvgIpc) is 3.43. The molecule has 4 rings (SSSR count). The zero-order chi connectivity index (χ0) is 20.9. The van der Waals surface area contributed by atoms with Crippen molar-refractivity contribution in [1.82, 2.24) is 14.8 Å². The lowest BCUT2D eigenvalue weighted by molar-refractivity contribution is 0.0600. The van der Waals surface area contributed by atoms with Crippen LogP contribution in [0.25, 0.3) is 11.4 Å².